The Bertz CT molecular complexity index is 903. The smallest absolute Gasteiger partial charge is 0.226 e. The van der Waals surface area contributed by atoms with Gasteiger partial charge >= 0.3 is 0 Å². The van der Waals surface area contributed by atoms with Gasteiger partial charge in [-0.05, 0) is 31.9 Å². The van der Waals surface area contributed by atoms with Gasteiger partial charge in [-0.15, -0.1) is 24.0 Å². The maximum Gasteiger partial charge on any atom is 0.226 e. The minimum Gasteiger partial charge on any atom is -0.444 e. The molecule has 0 atom stereocenters. The molecule has 0 saturated carbocycles. The largest absolute Gasteiger partial charge is 0.444 e. The number of nitrogens with zero attached hydrogens (tertiary/aromatic N) is 3. The van der Waals surface area contributed by atoms with Gasteiger partial charge in [0.25, 0.3) is 0 Å². The monoisotopic (exact) mass is 523 g/mol. The van der Waals surface area contributed by atoms with E-state index in [0.717, 1.165) is 42.1 Å². The molecule has 0 fully saturated rings. The van der Waals surface area contributed by atoms with Crippen molar-refractivity contribution in [1.82, 2.24) is 20.8 Å². The lowest BCUT2D eigenvalue weighted by atomic mass is 9.99. The quantitative estimate of drug-likeness (QED) is 0.230. The summed E-state index contributed by atoms with van der Waals surface area (Å²) in [6.07, 6.45) is 3.76. The van der Waals surface area contributed by atoms with E-state index in [1.54, 1.807) is 6.26 Å². The first kappa shape index (κ1) is 23.9. The van der Waals surface area contributed by atoms with Crippen LogP contribution in [0.3, 0.4) is 0 Å². The van der Waals surface area contributed by atoms with Gasteiger partial charge in [0, 0.05) is 24.1 Å². The second-order valence-corrected chi connectivity index (χ2v) is 6.79. The van der Waals surface area contributed by atoms with Gasteiger partial charge in [-0.1, -0.05) is 37.2 Å². The van der Waals surface area contributed by atoms with Crippen LogP contribution in [0.4, 0.5) is 0 Å². The standard InChI is InChI=1S/C22H29N5O2.HI/c1-4-16(5-2)20-12-19(29-27-20)14-25-22(23-6-3)24-13-18-15-28-21(26-18)17-10-8-7-9-11-17;/h7-12,15-16H,4-6,13-14H2,1-3H3,(H2,23,24,25);1H. The average Bonchev–Trinajstić information content (AvgIpc) is 3.42. The van der Waals surface area contributed by atoms with Crippen LogP contribution in [0.15, 0.2) is 56.6 Å². The van der Waals surface area contributed by atoms with E-state index in [0.29, 0.717) is 30.9 Å². The van der Waals surface area contributed by atoms with Crippen LogP contribution < -0.4 is 10.6 Å². The Morgan fingerprint density at radius 2 is 1.87 bits per heavy atom. The van der Waals surface area contributed by atoms with Crippen molar-refractivity contribution in [3.05, 3.63) is 59.8 Å². The van der Waals surface area contributed by atoms with E-state index < -0.39 is 0 Å². The molecule has 162 valence electrons. The van der Waals surface area contributed by atoms with Crippen molar-refractivity contribution in [2.45, 2.75) is 52.6 Å². The van der Waals surface area contributed by atoms with Crippen LogP contribution in [0.2, 0.25) is 0 Å². The molecule has 0 aliphatic rings. The fourth-order valence-electron chi connectivity index (χ4n) is 3.08. The zero-order valence-electron chi connectivity index (χ0n) is 17.7. The van der Waals surface area contributed by atoms with Crippen molar-refractivity contribution in [1.29, 1.82) is 0 Å². The van der Waals surface area contributed by atoms with Crippen molar-refractivity contribution in [3.63, 3.8) is 0 Å². The molecular weight excluding hydrogens is 493 g/mol. The normalized spacial score (nSPS) is 11.4. The molecule has 0 saturated heterocycles. The van der Waals surface area contributed by atoms with Crippen LogP contribution in [0.1, 0.15) is 56.7 Å². The molecule has 7 nitrogen and oxygen atoms in total. The first-order chi connectivity index (χ1) is 14.2. The van der Waals surface area contributed by atoms with Crippen LogP contribution in [0, 0.1) is 0 Å². The predicted molar refractivity (Wildman–Crippen MR) is 129 cm³/mol. The molecule has 0 unspecified atom stereocenters. The van der Waals surface area contributed by atoms with Gasteiger partial charge < -0.3 is 19.6 Å². The molecule has 2 aromatic heterocycles. The zero-order chi connectivity index (χ0) is 20.5. The van der Waals surface area contributed by atoms with E-state index in [1.807, 2.05) is 43.3 Å². The number of hydrogen-bond acceptors (Lipinski definition) is 5. The van der Waals surface area contributed by atoms with Crippen LogP contribution in [0.5, 0.6) is 0 Å². The summed E-state index contributed by atoms with van der Waals surface area (Å²) in [4.78, 5) is 9.10. The molecule has 0 bridgehead atoms. The summed E-state index contributed by atoms with van der Waals surface area (Å²) in [7, 11) is 0. The lowest BCUT2D eigenvalue weighted by Gasteiger charge is -2.09. The highest BCUT2D eigenvalue weighted by Crippen LogP contribution is 2.22. The summed E-state index contributed by atoms with van der Waals surface area (Å²) >= 11 is 0. The zero-order valence-corrected chi connectivity index (χ0v) is 20.1. The summed E-state index contributed by atoms with van der Waals surface area (Å²) < 4.78 is 11.0. The lowest BCUT2D eigenvalue weighted by molar-refractivity contribution is 0.368. The second kappa shape index (κ2) is 12.4. The van der Waals surface area contributed by atoms with Crippen LogP contribution >= 0.6 is 24.0 Å². The van der Waals surface area contributed by atoms with E-state index in [2.05, 4.69) is 39.6 Å². The van der Waals surface area contributed by atoms with E-state index in [4.69, 9.17) is 8.94 Å². The molecule has 2 heterocycles. The van der Waals surface area contributed by atoms with Crippen molar-refractivity contribution in [2.24, 2.45) is 4.99 Å². The number of guanidine groups is 1. The summed E-state index contributed by atoms with van der Waals surface area (Å²) in [5.41, 5.74) is 2.74. The third-order valence-corrected chi connectivity index (χ3v) is 4.73. The van der Waals surface area contributed by atoms with E-state index in [1.165, 1.54) is 0 Å². The first-order valence-electron chi connectivity index (χ1n) is 10.2. The molecule has 2 N–H and O–H groups in total. The van der Waals surface area contributed by atoms with Gasteiger partial charge in [0.05, 0.1) is 18.8 Å². The summed E-state index contributed by atoms with van der Waals surface area (Å²) in [6, 6.07) is 11.9. The molecule has 0 aliphatic carbocycles. The topological polar surface area (TPSA) is 88.5 Å². The Morgan fingerprint density at radius 1 is 1.10 bits per heavy atom. The molecule has 30 heavy (non-hydrogen) atoms. The molecule has 0 radical (unpaired) electrons. The Balaban J connectivity index is 0.00000320. The third kappa shape index (κ3) is 6.58. The summed E-state index contributed by atoms with van der Waals surface area (Å²) in [6.45, 7) is 8.07. The van der Waals surface area contributed by atoms with Gasteiger partial charge in [-0.25, -0.2) is 9.98 Å². The van der Waals surface area contributed by atoms with Gasteiger partial charge in [-0.3, -0.25) is 0 Å². The minimum atomic E-state index is 0. The van der Waals surface area contributed by atoms with Crippen molar-refractivity contribution in [3.8, 4) is 11.5 Å². The highest BCUT2D eigenvalue weighted by molar-refractivity contribution is 14.0. The number of halogens is 1. The second-order valence-electron chi connectivity index (χ2n) is 6.79. The molecule has 3 rings (SSSR count). The Hall–Kier alpha value is -2.36. The maximum absolute atomic E-state index is 5.57. The molecule has 0 spiro atoms. The first-order valence-corrected chi connectivity index (χ1v) is 10.2. The van der Waals surface area contributed by atoms with E-state index >= 15 is 0 Å². The molecular formula is C22H30IN5O2. The number of benzene rings is 1. The van der Waals surface area contributed by atoms with Crippen LogP contribution in [-0.2, 0) is 13.1 Å². The van der Waals surface area contributed by atoms with Crippen molar-refractivity contribution < 1.29 is 8.94 Å². The SMILES string of the molecule is CCNC(=NCc1coc(-c2ccccc2)n1)NCc1cc(C(CC)CC)no1.I. The maximum atomic E-state index is 5.57. The number of aromatic nitrogens is 2. The molecule has 8 heteroatoms. The van der Waals surface area contributed by atoms with Gasteiger partial charge in [0.2, 0.25) is 5.89 Å². The van der Waals surface area contributed by atoms with Gasteiger partial charge in [-0.2, -0.15) is 0 Å². The Labute approximate surface area is 194 Å². The summed E-state index contributed by atoms with van der Waals surface area (Å²) in [5, 5.41) is 10.7. The summed E-state index contributed by atoms with van der Waals surface area (Å²) in [5.74, 6) is 2.53. The fraction of sp³-hybridized carbons (Fsp3) is 0.409. The fourth-order valence-corrected chi connectivity index (χ4v) is 3.08. The Kier molecular flexibility index (Phi) is 9.85. The molecule has 0 aliphatic heterocycles. The predicted octanol–water partition coefficient (Wildman–Crippen LogP) is 5.11. The number of nitrogens with one attached hydrogen (secondary N) is 2. The molecule has 3 aromatic rings. The number of hydrogen-bond donors (Lipinski definition) is 2. The minimum absolute atomic E-state index is 0. The van der Waals surface area contributed by atoms with Crippen molar-refractivity contribution >= 4 is 29.9 Å². The van der Waals surface area contributed by atoms with E-state index in [-0.39, 0.29) is 24.0 Å². The third-order valence-electron chi connectivity index (χ3n) is 4.73. The van der Waals surface area contributed by atoms with Crippen LogP contribution in [-0.4, -0.2) is 22.6 Å². The van der Waals surface area contributed by atoms with Crippen molar-refractivity contribution in [2.75, 3.05) is 6.54 Å². The number of oxazole rings is 1. The lowest BCUT2D eigenvalue weighted by Crippen LogP contribution is -2.36. The average molecular weight is 523 g/mol. The van der Waals surface area contributed by atoms with Gasteiger partial charge in [0.15, 0.2) is 11.7 Å². The van der Waals surface area contributed by atoms with E-state index in [9.17, 15) is 0 Å². The van der Waals surface area contributed by atoms with Gasteiger partial charge in [0.1, 0.15) is 12.0 Å². The highest BCUT2D eigenvalue weighted by Gasteiger charge is 2.13. The highest BCUT2D eigenvalue weighted by atomic mass is 127. The number of rotatable bonds is 9. The number of aliphatic imine (C=N–C) groups is 1. The van der Waals surface area contributed by atoms with Crippen LogP contribution in [0.25, 0.3) is 11.5 Å². The Morgan fingerprint density at radius 3 is 2.57 bits per heavy atom. The molecule has 1 aromatic carbocycles. The molecule has 0 amide bonds.